The summed E-state index contributed by atoms with van der Waals surface area (Å²) >= 11 is 1.41. The number of amides is 1. The Labute approximate surface area is 135 Å². The number of carbonyl (C=O) groups is 1. The van der Waals surface area contributed by atoms with Gasteiger partial charge in [-0.25, -0.2) is 9.97 Å². The number of aromatic nitrogens is 3. The highest BCUT2D eigenvalue weighted by molar-refractivity contribution is 7.22. The molecule has 2 aromatic heterocycles. The summed E-state index contributed by atoms with van der Waals surface area (Å²) in [5.41, 5.74) is 2.81. The van der Waals surface area contributed by atoms with E-state index in [0.29, 0.717) is 16.2 Å². The van der Waals surface area contributed by atoms with Crippen molar-refractivity contribution in [1.29, 1.82) is 0 Å². The number of nitrogens with zero attached hydrogens (tertiary/aromatic N) is 2. The number of thiazole rings is 1. The second kappa shape index (κ2) is 5.36. The minimum Gasteiger partial charge on any atom is -0.497 e. The molecule has 2 aromatic carbocycles. The third-order valence-electron chi connectivity index (χ3n) is 3.51. The Bertz CT molecular complexity index is 1020. The Hall–Kier alpha value is -2.93. The number of anilines is 1. The summed E-state index contributed by atoms with van der Waals surface area (Å²) < 4.78 is 6.16. The third kappa shape index (κ3) is 2.40. The lowest BCUT2D eigenvalue weighted by molar-refractivity contribution is 0.102. The van der Waals surface area contributed by atoms with Gasteiger partial charge in [0.15, 0.2) is 5.13 Å². The summed E-state index contributed by atoms with van der Waals surface area (Å²) in [5.74, 6) is 0.536. The van der Waals surface area contributed by atoms with E-state index in [-0.39, 0.29) is 5.91 Å². The van der Waals surface area contributed by atoms with Crippen molar-refractivity contribution in [2.24, 2.45) is 0 Å². The van der Waals surface area contributed by atoms with E-state index < -0.39 is 0 Å². The molecule has 0 aliphatic heterocycles. The molecule has 0 atom stereocenters. The van der Waals surface area contributed by atoms with Gasteiger partial charge in [0.05, 0.1) is 34.7 Å². The van der Waals surface area contributed by atoms with Crippen LogP contribution in [0.3, 0.4) is 0 Å². The SMILES string of the molecule is COc1ccc2nc(NC(=O)c3cccc4[nH]cnc34)sc2c1. The maximum absolute atomic E-state index is 12.5. The normalized spacial score (nSPS) is 11.0. The molecular weight excluding hydrogens is 312 g/mol. The zero-order chi connectivity index (χ0) is 15.8. The first-order valence-electron chi connectivity index (χ1n) is 6.92. The molecule has 0 saturated heterocycles. The van der Waals surface area contributed by atoms with E-state index in [4.69, 9.17) is 4.74 Å². The van der Waals surface area contributed by atoms with Gasteiger partial charge >= 0.3 is 0 Å². The highest BCUT2D eigenvalue weighted by Crippen LogP contribution is 2.29. The molecule has 0 saturated carbocycles. The number of hydrogen-bond acceptors (Lipinski definition) is 5. The topological polar surface area (TPSA) is 79.9 Å². The third-order valence-corrected chi connectivity index (χ3v) is 4.44. The molecule has 4 aromatic rings. The molecule has 23 heavy (non-hydrogen) atoms. The molecule has 0 radical (unpaired) electrons. The maximum atomic E-state index is 12.5. The molecule has 2 heterocycles. The molecule has 0 aliphatic carbocycles. The number of hydrogen-bond donors (Lipinski definition) is 2. The average molecular weight is 324 g/mol. The molecule has 2 N–H and O–H groups in total. The van der Waals surface area contributed by atoms with Gasteiger partial charge in [-0.2, -0.15) is 0 Å². The van der Waals surface area contributed by atoms with Gasteiger partial charge in [0.1, 0.15) is 11.3 Å². The summed E-state index contributed by atoms with van der Waals surface area (Å²) in [7, 11) is 1.62. The van der Waals surface area contributed by atoms with E-state index >= 15 is 0 Å². The number of benzene rings is 2. The fourth-order valence-electron chi connectivity index (χ4n) is 2.40. The van der Waals surface area contributed by atoms with Crippen molar-refractivity contribution in [1.82, 2.24) is 15.0 Å². The number of aromatic amines is 1. The highest BCUT2D eigenvalue weighted by Gasteiger charge is 2.14. The number of para-hydroxylation sites is 1. The van der Waals surface area contributed by atoms with E-state index in [2.05, 4.69) is 20.3 Å². The second-order valence-electron chi connectivity index (χ2n) is 4.91. The number of fused-ring (bicyclic) bond motifs is 2. The van der Waals surface area contributed by atoms with Gasteiger partial charge < -0.3 is 9.72 Å². The van der Waals surface area contributed by atoms with Crippen LogP contribution in [0.1, 0.15) is 10.4 Å². The standard InChI is InChI=1S/C16H12N4O2S/c1-22-9-5-6-11-13(7-9)23-16(19-11)20-15(21)10-3-2-4-12-14(10)18-8-17-12/h2-8H,1H3,(H,17,18)(H,19,20,21). The monoisotopic (exact) mass is 324 g/mol. The van der Waals surface area contributed by atoms with Crippen LogP contribution in [0.5, 0.6) is 5.75 Å². The largest absolute Gasteiger partial charge is 0.497 e. The lowest BCUT2D eigenvalue weighted by Gasteiger charge is -2.02. The van der Waals surface area contributed by atoms with Crippen molar-refractivity contribution in [2.45, 2.75) is 0 Å². The fourth-order valence-corrected chi connectivity index (χ4v) is 3.29. The maximum Gasteiger partial charge on any atom is 0.259 e. The van der Waals surface area contributed by atoms with Crippen LogP contribution in [0.25, 0.3) is 21.3 Å². The lowest BCUT2D eigenvalue weighted by Crippen LogP contribution is -2.12. The number of imidazole rings is 1. The number of carbonyl (C=O) groups excluding carboxylic acids is 1. The number of nitrogens with one attached hydrogen (secondary N) is 2. The minimum absolute atomic E-state index is 0.228. The number of methoxy groups -OCH3 is 1. The first kappa shape index (κ1) is 13.7. The summed E-state index contributed by atoms with van der Waals surface area (Å²) in [4.78, 5) is 24.1. The predicted molar refractivity (Wildman–Crippen MR) is 90.2 cm³/mol. The van der Waals surface area contributed by atoms with Gasteiger partial charge in [0.2, 0.25) is 0 Å². The fraction of sp³-hybridized carbons (Fsp3) is 0.0625. The van der Waals surface area contributed by atoms with Crippen molar-refractivity contribution in [3.8, 4) is 5.75 Å². The van der Waals surface area contributed by atoms with Crippen molar-refractivity contribution < 1.29 is 9.53 Å². The van der Waals surface area contributed by atoms with E-state index in [1.165, 1.54) is 11.3 Å². The van der Waals surface area contributed by atoms with Crippen molar-refractivity contribution in [3.63, 3.8) is 0 Å². The first-order chi connectivity index (χ1) is 11.2. The summed E-state index contributed by atoms with van der Waals surface area (Å²) in [5, 5.41) is 3.39. The zero-order valence-corrected chi connectivity index (χ0v) is 13.0. The smallest absolute Gasteiger partial charge is 0.259 e. The van der Waals surface area contributed by atoms with Crippen LogP contribution in [0.15, 0.2) is 42.7 Å². The summed E-state index contributed by atoms with van der Waals surface area (Å²) in [6.07, 6.45) is 1.57. The van der Waals surface area contributed by atoms with E-state index in [1.54, 1.807) is 19.5 Å². The van der Waals surface area contributed by atoms with Crippen molar-refractivity contribution >= 4 is 43.6 Å². The molecule has 114 valence electrons. The number of H-pyrrole nitrogens is 1. The van der Waals surface area contributed by atoms with Crippen LogP contribution in [0.2, 0.25) is 0 Å². The van der Waals surface area contributed by atoms with Gasteiger partial charge in [-0.3, -0.25) is 10.1 Å². The lowest BCUT2D eigenvalue weighted by atomic mass is 10.2. The first-order valence-corrected chi connectivity index (χ1v) is 7.74. The van der Waals surface area contributed by atoms with Crippen LogP contribution in [0.4, 0.5) is 5.13 Å². The molecule has 0 bridgehead atoms. The molecule has 0 fully saturated rings. The van der Waals surface area contributed by atoms with Crippen LogP contribution >= 0.6 is 11.3 Å². The summed E-state index contributed by atoms with van der Waals surface area (Å²) in [6, 6.07) is 11.1. The predicted octanol–water partition coefficient (Wildman–Crippen LogP) is 3.43. The molecule has 4 rings (SSSR count). The van der Waals surface area contributed by atoms with Crippen LogP contribution in [0, 0.1) is 0 Å². The minimum atomic E-state index is -0.228. The Morgan fingerprint density at radius 1 is 1.30 bits per heavy atom. The molecule has 6 nitrogen and oxygen atoms in total. The Balaban J connectivity index is 1.67. The molecule has 7 heteroatoms. The number of ether oxygens (including phenoxy) is 1. The van der Waals surface area contributed by atoms with Gasteiger partial charge in [-0.15, -0.1) is 0 Å². The van der Waals surface area contributed by atoms with Crippen LogP contribution in [-0.2, 0) is 0 Å². The highest BCUT2D eigenvalue weighted by atomic mass is 32.1. The summed E-state index contributed by atoms with van der Waals surface area (Å²) in [6.45, 7) is 0. The average Bonchev–Trinajstić information content (AvgIpc) is 3.19. The van der Waals surface area contributed by atoms with Crippen molar-refractivity contribution in [3.05, 3.63) is 48.3 Å². The van der Waals surface area contributed by atoms with Crippen LogP contribution in [-0.4, -0.2) is 28.0 Å². The molecule has 0 aliphatic rings. The Morgan fingerprint density at radius 3 is 3.09 bits per heavy atom. The van der Waals surface area contributed by atoms with E-state index in [9.17, 15) is 4.79 Å². The van der Waals surface area contributed by atoms with Crippen LogP contribution < -0.4 is 10.1 Å². The second-order valence-corrected chi connectivity index (χ2v) is 5.94. The van der Waals surface area contributed by atoms with E-state index in [1.807, 2.05) is 30.3 Å². The van der Waals surface area contributed by atoms with E-state index in [0.717, 1.165) is 21.5 Å². The van der Waals surface area contributed by atoms with Crippen molar-refractivity contribution in [2.75, 3.05) is 12.4 Å². The molecule has 0 spiro atoms. The van der Waals surface area contributed by atoms with Gasteiger partial charge in [-0.05, 0) is 30.3 Å². The van der Waals surface area contributed by atoms with Gasteiger partial charge in [-0.1, -0.05) is 17.4 Å². The zero-order valence-electron chi connectivity index (χ0n) is 12.2. The Morgan fingerprint density at radius 2 is 2.22 bits per heavy atom. The quantitative estimate of drug-likeness (QED) is 0.605. The Kier molecular flexibility index (Phi) is 3.20. The molecule has 0 unspecified atom stereocenters. The van der Waals surface area contributed by atoms with Gasteiger partial charge in [0, 0.05) is 0 Å². The molecular formula is C16H12N4O2S. The van der Waals surface area contributed by atoms with Gasteiger partial charge in [0.25, 0.3) is 5.91 Å². The number of rotatable bonds is 3. The molecule has 1 amide bonds.